The second-order valence-electron chi connectivity index (χ2n) is 11.8. The number of ether oxygens (including phenoxy) is 2. The zero-order valence-corrected chi connectivity index (χ0v) is 21.2. The predicted molar refractivity (Wildman–Crippen MR) is 133 cm³/mol. The number of amides is 1. The van der Waals surface area contributed by atoms with Gasteiger partial charge in [-0.25, -0.2) is 0 Å². The lowest BCUT2D eigenvalue weighted by Gasteiger charge is -2.55. The van der Waals surface area contributed by atoms with Crippen LogP contribution in [0.2, 0.25) is 0 Å². The van der Waals surface area contributed by atoms with Gasteiger partial charge in [-0.3, -0.25) is 9.59 Å². The van der Waals surface area contributed by atoms with Crippen LogP contribution in [0.4, 0.5) is 0 Å². The molecular weight excluding hydrogens is 442 g/mol. The van der Waals surface area contributed by atoms with Gasteiger partial charge in [0.05, 0.1) is 12.7 Å². The molecule has 1 aromatic rings. The molecule has 0 radical (unpaired) electrons. The number of carboxylic acid groups (broad SMARTS) is 1. The number of piperidine rings is 1. The molecule has 6 heteroatoms. The maximum atomic E-state index is 12.9. The molecule has 5 rings (SSSR count). The number of rotatable bonds is 6. The van der Waals surface area contributed by atoms with E-state index in [4.69, 9.17) is 9.47 Å². The second-order valence-corrected chi connectivity index (χ2v) is 11.8. The largest absolute Gasteiger partial charge is 0.487 e. The standard InChI is InChI=1S/C29H41NO5/c1-28(14-13-26(32)33)23-19-29(20-34-27(23)22-9-5-6-10-24(22)35-28)15-17-30(18-16-29)25(31)12-11-21-7-3-2-4-8-21/h5-6,9-10,21,23,27H,2-4,7-8,11-20H2,1H3,(H,32,33)/t23-,27+,28-/m0/s1. The van der Waals surface area contributed by atoms with Crippen LogP contribution < -0.4 is 4.74 Å². The van der Waals surface area contributed by atoms with Gasteiger partial charge in [-0.05, 0) is 56.4 Å². The van der Waals surface area contributed by atoms with Crippen LogP contribution in [0.25, 0.3) is 0 Å². The predicted octanol–water partition coefficient (Wildman–Crippen LogP) is 5.75. The van der Waals surface area contributed by atoms with Gasteiger partial charge in [0.25, 0.3) is 0 Å². The molecule has 4 aliphatic rings. The molecule has 3 atom stereocenters. The van der Waals surface area contributed by atoms with Crippen LogP contribution in [0.15, 0.2) is 24.3 Å². The molecule has 1 aromatic carbocycles. The summed E-state index contributed by atoms with van der Waals surface area (Å²) in [5.74, 6) is 1.18. The van der Waals surface area contributed by atoms with E-state index in [9.17, 15) is 14.7 Å². The van der Waals surface area contributed by atoms with Crippen LogP contribution in [-0.4, -0.2) is 47.2 Å². The number of carbonyl (C=O) groups excluding carboxylic acids is 1. The van der Waals surface area contributed by atoms with Crippen LogP contribution in [0, 0.1) is 17.3 Å². The van der Waals surface area contributed by atoms with Gasteiger partial charge in [-0.2, -0.15) is 0 Å². The maximum absolute atomic E-state index is 12.9. The van der Waals surface area contributed by atoms with Crippen LogP contribution >= 0.6 is 0 Å². The van der Waals surface area contributed by atoms with E-state index in [1.165, 1.54) is 32.1 Å². The summed E-state index contributed by atoms with van der Waals surface area (Å²) < 4.78 is 13.1. The van der Waals surface area contributed by atoms with Gasteiger partial charge >= 0.3 is 5.97 Å². The second kappa shape index (κ2) is 10.1. The fraction of sp³-hybridized carbons (Fsp3) is 0.724. The Balaban J connectivity index is 1.24. The molecule has 1 N–H and O–H groups in total. The summed E-state index contributed by atoms with van der Waals surface area (Å²) in [5.41, 5.74) is 0.523. The van der Waals surface area contributed by atoms with E-state index in [1.54, 1.807) is 0 Å². The molecule has 1 spiro atoms. The molecule has 1 saturated carbocycles. The smallest absolute Gasteiger partial charge is 0.303 e. The van der Waals surface area contributed by atoms with E-state index in [0.717, 1.165) is 56.0 Å². The number of hydrogen-bond donors (Lipinski definition) is 1. The van der Waals surface area contributed by atoms with E-state index < -0.39 is 11.6 Å². The fourth-order valence-electron chi connectivity index (χ4n) is 7.13. The number of para-hydroxylation sites is 1. The lowest BCUT2D eigenvalue weighted by atomic mass is 9.63. The fourth-order valence-corrected chi connectivity index (χ4v) is 7.13. The van der Waals surface area contributed by atoms with Crippen molar-refractivity contribution in [3.63, 3.8) is 0 Å². The van der Waals surface area contributed by atoms with E-state index in [-0.39, 0.29) is 23.9 Å². The maximum Gasteiger partial charge on any atom is 0.303 e. The zero-order valence-electron chi connectivity index (χ0n) is 21.2. The summed E-state index contributed by atoms with van der Waals surface area (Å²) in [6.45, 7) is 4.36. The van der Waals surface area contributed by atoms with Crippen molar-refractivity contribution in [2.75, 3.05) is 19.7 Å². The number of nitrogens with zero attached hydrogens (tertiary/aromatic N) is 1. The van der Waals surface area contributed by atoms with Crippen molar-refractivity contribution >= 4 is 11.9 Å². The van der Waals surface area contributed by atoms with E-state index in [2.05, 4.69) is 17.9 Å². The summed E-state index contributed by atoms with van der Waals surface area (Å²) in [4.78, 5) is 26.4. The average molecular weight is 484 g/mol. The first kappa shape index (κ1) is 24.6. The third-order valence-corrected chi connectivity index (χ3v) is 9.44. The lowest BCUT2D eigenvalue weighted by molar-refractivity contribution is -0.183. The lowest BCUT2D eigenvalue weighted by Crippen LogP contribution is -2.55. The summed E-state index contributed by atoms with van der Waals surface area (Å²) >= 11 is 0. The zero-order chi connectivity index (χ0) is 24.5. The molecular formula is C29H41NO5. The molecule has 0 aromatic heterocycles. The van der Waals surface area contributed by atoms with Crippen molar-refractivity contribution in [3.8, 4) is 5.75 Å². The molecule has 3 aliphatic heterocycles. The van der Waals surface area contributed by atoms with Gasteiger partial charge in [0, 0.05) is 37.4 Å². The van der Waals surface area contributed by atoms with Crippen LogP contribution in [0.5, 0.6) is 5.75 Å². The van der Waals surface area contributed by atoms with Crippen LogP contribution in [0.1, 0.15) is 95.6 Å². The number of fused-ring (bicyclic) bond motifs is 3. The summed E-state index contributed by atoms with van der Waals surface area (Å²) in [7, 11) is 0. The molecule has 1 amide bonds. The minimum atomic E-state index is -0.795. The molecule has 3 heterocycles. The van der Waals surface area contributed by atoms with Crippen molar-refractivity contribution in [2.24, 2.45) is 17.3 Å². The van der Waals surface area contributed by atoms with Gasteiger partial charge in [-0.1, -0.05) is 50.3 Å². The monoisotopic (exact) mass is 483 g/mol. The van der Waals surface area contributed by atoms with E-state index >= 15 is 0 Å². The molecule has 0 unspecified atom stereocenters. The minimum absolute atomic E-state index is 0.0292. The van der Waals surface area contributed by atoms with Crippen LogP contribution in [0.3, 0.4) is 0 Å². The number of aliphatic carboxylic acids is 1. The van der Waals surface area contributed by atoms with Crippen molar-refractivity contribution in [2.45, 2.75) is 95.7 Å². The van der Waals surface area contributed by atoms with Gasteiger partial charge in [0.2, 0.25) is 5.91 Å². The van der Waals surface area contributed by atoms with Gasteiger partial charge in [-0.15, -0.1) is 0 Å². The number of likely N-dealkylation sites (tertiary alicyclic amines) is 1. The Kier molecular flexibility index (Phi) is 7.11. The molecule has 192 valence electrons. The Morgan fingerprint density at radius 1 is 1.09 bits per heavy atom. The highest BCUT2D eigenvalue weighted by molar-refractivity contribution is 5.76. The summed E-state index contributed by atoms with van der Waals surface area (Å²) in [5, 5.41) is 9.38. The van der Waals surface area contributed by atoms with Gasteiger partial charge < -0.3 is 19.5 Å². The summed E-state index contributed by atoms with van der Waals surface area (Å²) in [6.07, 6.45) is 11.7. The normalized spacial score (nSPS) is 30.3. The number of carbonyl (C=O) groups is 2. The first-order valence-electron chi connectivity index (χ1n) is 13.8. The molecule has 6 nitrogen and oxygen atoms in total. The first-order chi connectivity index (χ1) is 16.9. The molecule has 2 saturated heterocycles. The highest BCUT2D eigenvalue weighted by atomic mass is 16.5. The minimum Gasteiger partial charge on any atom is -0.487 e. The Bertz CT molecular complexity index is 917. The SMILES string of the molecule is C[C@@]1(CCC(=O)O)Oc2ccccc2[C@H]2OCC3(CCN(C(=O)CCC4CCCCC4)CC3)C[C@@H]21. The van der Waals surface area contributed by atoms with Crippen LogP contribution in [-0.2, 0) is 14.3 Å². The highest BCUT2D eigenvalue weighted by Gasteiger charge is 2.54. The number of carboxylic acids is 1. The van der Waals surface area contributed by atoms with Gasteiger partial charge in [0.1, 0.15) is 11.4 Å². The highest BCUT2D eigenvalue weighted by Crippen LogP contribution is 2.56. The topological polar surface area (TPSA) is 76.1 Å². The van der Waals surface area contributed by atoms with Gasteiger partial charge in [0.15, 0.2) is 0 Å². The molecule has 1 aliphatic carbocycles. The Morgan fingerprint density at radius 3 is 2.57 bits per heavy atom. The Morgan fingerprint density at radius 2 is 1.83 bits per heavy atom. The Labute approximate surface area is 209 Å². The van der Waals surface area contributed by atoms with Crippen molar-refractivity contribution in [1.82, 2.24) is 4.90 Å². The number of benzene rings is 1. The molecule has 3 fully saturated rings. The third-order valence-electron chi connectivity index (χ3n) is 9.44. The van der Waals surface area contributed by atoms with E-state index in [1.807, 2.05) is 18.2 Å². The molecule has 0 bridgehead atoms. The van der Waals surface area contributed by atoms with Crippen molar-refractivity contribution in [3.05, 3.63) is 29.8 Å². The molecule has 35 heavy (non-hydrogen) atoms. The Hall–Kier alpha value is -2.08. The first-order valence-corrected chi connectivity index (χ1v) is 13.8. The quantitative estimate of drug-likeness (QED) is 0.558. The van der Waals surface area contributed by atoms with Crippen molar-refractivity contribution in [1.29, 1.82) is 0 Å². The number of hydrogen-bond acceptors (Lipinski definition) is 4. The van der Waals surface area contributed by atoms with Crippen molar-refractivity contribution < 1.29 is 24.2 Å². The average Bonchev–Trinajstić information content (AvgIpc) is 2.87. The van der Waals surface area contributed by atoms with E-state index in [0.29, 0.717) is 25.4 Å². The third kappa shape index (κ3) is 5.23. The summed E-state index contributed by atoms with van der Waals surface area (Å²) in [6, 6.07) is 8.03.